The quantitative estimate of drug-likeness (QED) is 0.762. The number of nitrogens with zero attached hydrogens (tertiary/aromatic N) is 1. The van der Waals surface area contributed by atoms with Crippen LogP contribution in [0.25, 0.3) is 0 Å². The molecule has 1 aromatic carbocycles. The molecule has 3 heterocycles. The molecule has 22 heavy (non-hydrogen) atoms. The Hall–Kier alpha value is -1.85. The maximum Gasteiger partial charge on any atom is 0.197 e. The Morgan fingerprint density at radius 3 is 3.18 bits per heavy atom. The van der Waals surface area contributed by atoms with Crippen molar-refractivity contribution in [2.45, 2.75) is 29.1 Å². The van der Waals surface area contributed by atoms with Crippen molar-refractivity contribution >= 4 is 5.78 Å². The lowest BCUT2D eigenvalue weighted by molar-refractivity contribution is -0.132. The van der Waals surface area contributed by atoms with Gasteiger partial charge in [-0.3, -0.25) is 9.69 Å². The van der Waals surface area contributed by atoms with Crippen molar-refractivity contribution in [1.82, 2.24) is 4.90 Å². The van der Waals surface area contributed by atoms with E-state index in [0.29, 0.717) is 30.4 Å². The van der Waals surface area contributed by atoms with E-state index in [0.717, 1.165) is 12.1 Å². The Morgan fingerprint density at radius 1 is 1.36 bits per heavy atom. The number of aromatic hydroxyl groups is 1. The molecule has 2 saturated heterocycles. The SMILES string of the molecule is O=C1C=C[C@]23OCN4CC5[C@H](c6ccc(O)c7c6[C@]52[C@H]1O7)[C@@H]43. The van der Waals surface area contributed by atoms with Crippen LogP contribution in [-0.4, -0.2) is 46.8 Å². The summed E-state index contributed by atoms with van der Waals surface area (Å²) in [6.07, 6.45) is 3.09. The van der Waals surface area contributed by atoms with Crippen LogP contribution in [0.1, 0.15) is 17.0 Å². The highest BCUT2D eigenvalue weighted by Gasteiger charge is 2.87. The third-order valence-corrected chi connectivity index (χ3v) is 7.08. The standard InChI is InChI=1S/C17H13NO4/c19-9-2-1-7-11-8-5-18-6-21-16(14(11)18)4-3-10(20)15-17(8,16)12(7)13(9)22-15/h1-4,8,11,14-15,19H,5-6H2/t8?,11-,14+,15-,16+,17-/m0/s1. The number of ether oxygens (including phenoxy) is 2. The highest BCUT2D eigenvalue weighted by Crippen LogP contribution is 2.79. The fourth-order valence-corrected chi connectivity index (χ4v) is 6.73. The highest BCUT2D eigenvalue weighted by atomic mass is 16.5. The molecule has 3 aliphatic carbocycles. The molecule has 5 heteroatoms. The summed E-state index contributed by atoms with van der Waals surface area (Å²) < 4.78 is 12.4. The molecular weight excluding hydrogens is 282 g/mol. The van der Waals surface area contributed by atoms with Gasteiger partial charge in [0.2, 0.25) is 0 Å². The lowest BCUT2D eigenvalue weighted by Crippen LogP contribution is -2.66. The van der Waals surface area contributed by atoms with Crippen LogP contribution in [0.5, 0.6) is 11.5 Å². The second-order valence-corrected chi connectivity index (χ2v) is 7.40. The fourth-order valence-electron chi connectivity index (χ4n) is 6.73. The van der Waals surface area contributed by atoms with Crippen LogP contribution >= 0.6 is 0 Å². The number of piperidine rings is 1. The van der Waals surface area contributed by atoms with E-state index in [1.165, 1.54) is 5.56 Å². The summed E-state index contributed by atoms with van der Waals surface area (Å²) in [5, 5.41) is 10.3. The first-order valence-corrected chi connectivity index (χ1v) is 7.84. The maximum atomic E-state index is 12.6. The summed E-state index contributed by atoms with van der Waals surface area (Å²) in [5.74, 6) is 1.40. The average Bonchev–Trinajstić information content (AvgIpc) is 3.21. The van der Waals surface area contributed by atoms with Crippen molar-refractivity contribution < 1.29 is 19.4 Å². The van der Waals surface area contributed by atoms with Gasteiger partial charge < -0.3 is 14.6 Å². The summed E-state index contributed by atoms with van der Waals surface area (Å²) in [5.41, 5.74) is 1.44. The van der Waals surface area contributed by atoms with E-state index in [9.17, 15) is 9.90 Å². The van der Waals surface area contributed by atoms with Crippen LogP contribution in [0.3, 0.4) is 0 Å². The predicted molar refractivity (Wildman–Crippen MR) is 73.8 cm³/mol. The molecule has 6 aliphatic rings. The van der Waals surface area contributed by atoms with Gasteiger partial charge in [0.15, 0.2) is 23.4 Å². The zero-order chi connectivity index (χ0) is 14.4. The molecule has 1 N–H and O–H groups in total. The molecule has 1 aromatic rings. The summed E-state index contributed by atoms with van der Waals surface area (Å²) in [6, 6.07) is 4.04. The first-order chi connectivity index (χ1) is 10.7. The van der Waals surface area contributed by atoms with E-state index in [1.54, 1.807) is 12.1 Å². The summed E-state index contributed by atoms with van der Waals surface area (Å²) in [7, 11) is 0. The van der Waals surface area contributed by atoms with Crippen LogP contribution in [0.4, 0.5) is 0 Å². The van der Waals surface area contributed by atoms with Gasteiger partial charge in [0, 0.05) is 18.0 Å². The lowest BCUT2D eigenvalue weighted by Gasteiger charge is -2.50. The van der Waals surface area contributed by atoms with Crippen LogP contribution < -0.4 is 4.74 Å². The fraction of sp³-hybridized carbons (Fsp3) is 0.471. The van der Waals surface area contributed by atoms with Crippen molar-refractivity contribution in [1.29, 1.82) is 0 Å². The van der Waals surface area contributed by atoms with Gasteiger partial charge >= 0.3 is 0 Å². The first kappa shape index (κ1) is 10.8. The van der Waals surface area contributed by atoms with Gasteiger partial charge in [-0.15, -0.1) is 0 Å². The van der Waals surface area contributed by atoms with E-state index < -0.39 is 17.1 Å². The molecule has 1 saturated carbocycles. The second-order valence-electron chi connectivity index (χ2n) is 7.40. The Balaban J connectivity index is 1.71. The van der Waals surface area contributed by atoms with Gasteiger partial charge in [-0.1, -0.05) is 6.07 Å². The van der Waals surface area contributed by atoms with Crippen LogP contribution in [0.2, 0.25) is 0 Å². The van der Waals surface area contributed by atoms with Crippen LogP contribution in [-0.2, 0) is 14.9 Å². The molecule has 2 spiro atoms. The molecule has 0 amide bonds. The van der Waals surface area contributed by atoms with Gasteiger partial charge in [0.05, 0.1) is 11.5 Å². The van der Waals surface area contributed by atoms with Crippen LogP contribution in [0.15, 0.2) is 24.3 Å². The number of hydrogen-bond donors (Lipinski definition) is 1. The molecule has 0 radical (unpaired) electrons. The van der Waals surface area contributed by atoms with E-state index in [1.807, 2.05) is 12.1 Å². The molecule has 5 nitrogen and oxygen atoms in total. The van der Waals surface area contributed by atoms with E-state index in [-0.39, 0.29) is 11.5 Å². The Bertz CT molecular complexity index is 847. The van der Waals surface area contributed by atoms with Gasteiger partial charge in [-0.2, -0.15) is 0 Å². The van der Waals surface area contributed by atoms with Crippen molar-refractivity contribution in [2.75, 3.05) is 13.3 Å². The summed E-state index contributed by atoms with van der Waals surface area (Å²) in [4.78, 5) is 15.0. The molecule has 7 rings (SSSR count). The molecule has 3 fully saturated rings. The number of hydrogen-bond acceptors (Lipinski definition) is 5. The van der Waals surface area contributed by atoms with Gasteiger partial charge in [0.25, 0.3) is 0 Å². The van der Waals surface area contributed by atoms with Crippen molar-refractivity contribution in [2.24, 2.45) is 5.92 Å². The highest BCUT2D eigenvalue weighted by molar-refractivity contribution is 6.00. The summed E-state index contributed by atoms with van der Waals surface area (Å²) in [6.45, 7) is 1.58. The molecule has 3 aliphatic heterocycles. The number of ketones is 1. The zero-order valence-electron chi connectivity index (χ0n) is 11.7. The Morgan fingerprint density at radius 2 is 2.27 bits per heavy atom. The topological polar surface area (TPSA) is 59.0 Å². The minimum absolute atomic E-state index is 0.00225. The molecule has 110 valence electrons. The molecule has 4 bridgehead atoms. The maximum absolute atomic E-state index is 12.6. The number of phenols is 1. The lowest BCUT2D eigenvalue weighted by atomic mass is 9.58. The predicted octanol–water partition coefficient (Wildman–Crippen LogP) is 0.668. The van der Waals surface area contributed by atoms with Crippen LogP contribution in [0, 0.1) is 5.92 Å². The van der Waals surface area contributed by atoms with Crippen molar-refractivity contribution in [3.8, 4) is 11.5 Å². The normalized spacial score (nSPS) is 50.8. The number of benzene rings is 1. The minimum atomic E-state index is -0.542. The third-order valence-electron chi connectivity index (χ3n) is 7.08. The van der Waals surface area contributed by atoms with E-state index >= 15 is 0 Å². The van der Waals surface area contributed by atoms with Gasteiger partial charge in [0.1, 0.15) is 12.3 Å². The number of carbonyl (C=O) groups is 1. The molecular formula is C17H13NO4. The van der Waals surface area contributed by atoms with Gasteiger partial charge in [-0.25, -0.2) is 0 Å². The largest absolute Gasteiger partial charge is 0.504 e. The Kier molecular flexibility index (Phi) is 1.34. The Labute approximate surface area is 126 Å². The van der Waals surface area contributed by atoms with Crippen molar-refractivity contribution in [3.63, 3.8) is 0 Å². The molecule has 1 unspecified atom stereocenters. The number of phenolic OH excluding ortho intramolecular Hbond substituents is 1. The third kappa shape index (κ3) is 0.687. The van der Waals surface area contributed by atoms with Crippen molar-refractivity contribution in [3.05, 3.63) is 35.4 Å². The summed E-state index contributed by atoms with van der Waals surface area (Å²) >= 11 is 0. The smallest absolute Gasteiger partial charge is 0.197 e. The first-order valence-electron chi connectivity index (χ1n) is 7.84. The number of rotatable bonds is 0. The number of carbonyl (C=O) groups excluding carboxylic acids is 1. The zero-order valence-corrected chi connectivity index (χ0v) is 11.7. The average molecular weight is 295 g/mol. The van der Waals surface area contributed by atoms with E-state index in [4.69, 9.17) is 9.47 Å². The minimum Gasteiger partial charge on any atom is -0.504 e. The molecule has 0 aromatic heterocycles. The van der Waals surface area contributed by atoms with E-state index in [2.05, 4.69) is 4.90 Å². The monoisotopic (exact) mass is 295 g/mol. The van der Waals surface area contributed by atoms with Gasteiger partial charge in [-0.05, 0) is 29.7 Å². The second kappa shape index (κ2) is 2.72. The molecule has 6 atom stereocenters.